The number of ether oxygens (including phenoxy) is 2. The quantitative estimate of drug-likeness (QED) is 0.466. The molecule has 33 heavy (non-hydrogen) atoms. The molecule has 3 aromatic carbocycles. The van der Waals surface area contributed by atoms with Crippen molar-refractivity contribution in [3.05, 3.63) is 60.2 Å². The number of rotatable bonds is 8. The molecule has 0 aliphatic heterocycles. The molecule has 0 spiro atoms. The molecule has 3 rings (SSSR count). The number of benzene rings is 3. The number of hydrogen-bond acceptors (Lipinski definition) is 6. The van der Waals surface area contributed by atoms with Crippen LogP contribution in [0.5, 0.6) is 11.5 Å². The molecule has 0 heterocycles. The van der Waals surface area contributed by atoms with Crippen LogP contribution in [0.1, 0.15) is 38.1 Å². The Hall–Kier alpha value is -3.26. The maximum atomic E-state index is 14.0. The molecule has 1 N–H and O–H groups in total. The van der Waals surface area contributed by atoms with Gasteiger partial charge in [-0.15, -0.1) is 0 Å². The Morgan fingerprint density at radius 2 is 1.61 bits per heavy atom. The molecule has 0 amide bonds. The molecule has 0 atom stereocenters. The zero-order valence-electron chi connectivity index (χ0n) is 19.4. The summed E-state index contributed by atoms with van der Waals surface area (Å²) in [5.74, 6) is -0.476. The van der Waals surface area contributed by atoms with Crippen LogP contribution in [0.2, 0.25) is 0 Å². The molecule has 0 saturated heterocycles. The second-order valence-electron chi connectivity index (χ2n) is 8.40. The van der Waals surface area contributed by atoms with E-state index < -0.39 is 16.0 Å². The van der Waals surface area contributed by atoms with Gasteiger partial charge in [0.15, 0.2) is 0 Å². The van der Waals surface area contributed by atoms with Crippen LogP contribution in [-0.4, -0.2) is 39.3 Å². The minimum absolute atomic E-state index is 0.00791. The van der Waals surface area contributed by atoms with E-state index >= 15 is 0 Å². The number of methoxy groups -OCH3 is 1. The molecule has 0 aromatic heterocycles. The lowest BCUT2D eigenvalue weighted by Gasteiger charge is -2.27. The van der Waals surface area contributed by atoms with Crippen molar-refractivity contribution in [2.75, 3.05) is 18.0 Å². The Kier molecular flexibility index (Phi) is 7.17. The second kappa shape index (κ2) is 9.70. The monoisotopic (exact) mass is 471 g/mol. The summed E-state index contributed by atoms with van der Waals surface area (Å²) >= 11 is 0. The molecule has 7 nitrogen and oxygen atoms in total. The fraction of sp³-hybridized carbons (Fsp3) is 0.320. The molecule has 0 saturated carbocycles. The summed E-state index contributed by atoms with van der Waals surface area (Å²) in [5, 5.41) is 11.2. The van der Waals surface area contributed by atoms with Crippen LogP contribution in [0.4, 0.5) is 5.69 Å². The van der Waals surface area contributed by atoms with Gasteiger partial charge in [0.05, 0.1) is 23.8 Å². The van der Waals surface area contributed by atoms with Crippen molar-refractivity contribution in [2.45, 2.75) is 38.7 Å². The third kappa shape index (κ3) is 5.06. The molecule has 0 aliphatic rings. The predicted molar refractivity (Wildman–Crippen MR) is 129 cm³/mol. The summed E-state index contributed by atoms with van der Waals surface area (Å²) in [6, 6.07) is 14.6. The molecule has 0 radical (unpaired) electrons. The predicted octanol–water partition coefficient (Wildman–Crippen LogP) is 4.97. The first-order chi connectivity index (χ1) is 15.6. The van der Waals surface area contributed by atoms with E-state index in [0.717, 1.165) is 0 Å². The third-order valence-corrected chi connectivity index (χ3v) is 6.81. The highest BCUT2D eigenvalue weighted by molar-refractivity contribution is 7.93. The number of anilines is 1. The summed E-state index contributed by atoms with van der Waals surface area (Å²) in [7, 11) is -2.94. The number of carbonyl (C=O) groups excluding carboxylic acids is 1. The lowest BCUT2D eigenvalue weighted by molar-refractivity contribution is 0.0597. The second-order valence-corrected chi connectivity index (χ2v) is 10.2. The van der Waals surface area contributed by atoms with Crippen LogP contribution in [0.25, 0.3) is 10.8 Å². The van der Waals surface area contributed by atoms with E-state index in [0.29, 0.717) is 16.8 Å². The Balaban J connectivity index is 2.22. The van der Waals surface area contributed by atoms with Crippen LogP contribution in [0.3, 0.4) is 0 Å². The summed E-state index contributed by atoms with van der Waals surface area (Å²) in [4.78, 5) is 12.2. The minimum atomic E-state index is -4.12. The molecule has 176 valence electrons. The van der Waals surface area contributed by atoms with Gasteiger partial charge in [0, 0.05) is 17.3 Å². The smallest absolute Gasteiger partial charge is 0.341 e. The standard InChI is InChI=1S/C25H29NO6S/c1-16(2)15-26(18-10-12-19(13-11-18)32-17(3)4)33(29,30)23-14-22(25(28)31-5)24(27)21-9-7-6-8-20(21)23/h6-14,16-17,27H,15H2,1-5H3. The number of hydrogen-bond donors (Lipinski definition) is 1. The normalized spacial score (nSPS) is 11.7. The van der Waals surface area contributed by atoms with Gasteiger partial charge in [-0.25, -0.2) is 13.2 Å². The number of carbonyl (C=O) groups is 1. The lowest BCUT2D eigenvalue weighted by atomic mass is 10.1. The molecular formula is C25H29NO6S. The van der Waals surface area contributed by atoms with E-state index in [1.54, 1.807) is 48.5 Å². The highest BCUT2D eigenvalue weighted by Gasteiger charge is 2.30. The number of phenols is 1. The molecule has 0 aliphatic carbocycles. The lowest BCUT2D eigenvalue weighted by Crippen LogP contribution is -2.34. The third-order valence-electron chi connectivity index (χ3n) is 4.98. The Morgan fingerprint density at radius 1 is 1.00 bits per heavy atom. The largest absolute Gasteiger partial charge is 0.506 e. The van der Waals surface area contributed by atoms with E-state index in [1.807, 2.05) is 27.7 Å². The van der Waals surface area contributed by atoms with Gasteiger partial charge in [-0.1, -0.05) is 38.1 Å². The zero-order valence-corrected chi connectivity index (χ0v) is 20.2. The van der Waals surface area contributed by atoms with Gasteiger partial charge in [-0.2, -0.15) is 0 Å². The van der Waals surface area contributed by atoms with Crippen LogP contribution >= 0.6 is 0 Å². The SMILES string of the molecule is COC(=O)c1cc(S(=O)(=O)N(CC(C)C)c2ccc(OC(C)C)cc2)c2ccccc2c1O. The number of fused-ring (bicyclic) bond motifs is 1. The highest BCUT2D eigenvalue weighted by Crippen LogP contribution is 2.37. The molecule has 8 heteroatoms. The Morgan fingerprint density at radius 3 is 2.15 bits per heavy atom. The number of phenolic OH excluding ortho intramolecular Hbond substituents is 1. The first-order valence-electron chi connectivity index (χ1n) is 10.7. The Bertz CT molecular complexity index is 1250. The van der Waals surface area contributed by atoms with E-state index in [1.165, 1.54) is 17.5 Å². The minimum Gasteiger partial charge on any atom is -0.506 e. The van der Waals surface area contributed by atoms with Gasteiger partial charge in [0.25, 0.3) is 10.0 Å². The van der Waals surface area contributed by atoms with Gasteiger partial charge in [-0.3, -0.25) is 4.31 Å². The summed E-state index contributed by atoms with van der Waals surface area (Å²) in [5.41, 5.74) is 0.261. The van der Waals surface area contributed by atoms with Gasteiger partial charge in [0.2, 0.25) is 0 Å². The van der Waals surface area contributed by atoms with Crippen molar-refractivity contribution in [3.8, 4) is 11.5 Å². The summed E-state index contributed by atoms with van der Waals surface area (Å²) < 4.78 is 39.7. The summed E-state index contributed by atoms with van der Waals surface area (Å²) in [6.07, 6.45) is -0.00791. The highest BCUT2D eigenvalue weighted by atomic mass is 32.2. The molecule has 3 aromatic rings. The van der Waals surface area contributed by atoms with Crippen molar-refractivity contribution in [1.82, 2.24) is 0 Å². The first-order valence-corrected chi connectivity index (χ1v) is 12.1. The number of sulfonamides is 1. The molecular weight excluding hydrogens is 442 g/mol. The van der Waals surface area contributed by atoms with E-state index in [-0.39, 0.29) is 40.2 Å². The Labute approximate surface area is 194 Å². The zero-order chi connectivity index (χ0) is 24.3. The van der Waals surface area contributed by atoms with Crippen LogP contribution in [0.15, 0.2) is 59.5 Å². The topological polar surface area (TPSA) is 93.1 Å². The van der Waals surface area contributed by atoms with Crippen molar-refractivity contribution in [2.24, 2.45) is 5.92 Å². The first kappa shape index (κ1) is 24.4. The van der Waals surface area contributed by atoms with Gasteiger partial charge in [0.1, 0.15) is 17.1 Å². The van der Waals surface area contributed by atoms with Crippen molar-refractivity contribution in [3.63, 3.8) is 0 Å². The maximum absolute atomic E-state index is 14.0. The average Bonchev–Trinajstić information content (AvgIpc) is 2.77. The van der Waals surface area contributed by atoms with Gasteiger partial charge in [-0.05, 0) is 50.1 Å². The molecule has 0 unspecified atom stereocenters. The van der Waals surface area contributed by atoms with Gasteiger partial charge < -0.3 is 14.6 Å². The van der Waals surface area contributed by atoms with Crippen molar-refractivity contribution < 1.29 is 27.8 Å². The number of nitrogens with zero attached hydrogens (tertiary/aromatic N) is 1. The van der Waals surface area contributed by atoms with Crippen LogP contribution < -0.4 is 9.04 Å². The van der Waals surface area contributed by atoms with Crippen LogP contribution in [0, 0.1) is 5.92 Å². The van der Waals surface area contributed by atoms with Crippen LogP contribution in [-0.2, 0) is 14.8 Å². The molecule has 0 fully saturated rings. The summed E-state index contributed by atoms with van der Waals surface area (Å²) in [6.45, 7) is 7.90. The number of esters is 1. The number of aromatic hydroxyl groups is 1. The fourth-order valence-corrected chi connectivity index (χ4v) is 5.42. The van der Waals surface area contributed by atoms with Crippen molar-refractivity contribution in [1.29, 1.82) is 0 Å². The maximum Gasteiger partial charge on any atom is 0.341 e. The van der Waals surface area contributed by atoms with Crippen molar-refractivity contribution >= 4 is 32.5 Å². The van der Waals surface area contributed by atoms with E-state index in [4.69, 9.17) is 9.47 Å². The van der Waals surface area contributed by atoms with Gasteiger partial charge >= 0.3 is 5.97 Å². The van der Waals surface area contributed by atoms with E-state index in [9.17, 15) is 18.3 Å². The van der Waals surface area contributed by atoms with E-state index in [2.05, 4.69) is 0 Å². The molecule has 0 bridgehead atoms. The average molecular weight is 472 g/mol. The fourth-order valence-electron chi connectivity index (χ4n) is 3.56.